The van der Waals surface area contributed by atoms with E-state index in [0.29, 0.717) is 28.8 Å². The first-order chi connectivity index (χ1) is 13.6. The number of carbonyl (C=O) groups excluding carboxylic acids is 1. The average Bonchev–Trinajstić information content (AvgIpc) is 3.44. The van der Waals surface area contributed by atoms with Gasteiger partial charge in [-0.1, -0.05) is 6.07 Å². The average molecular weight is 396 g/mol. The van der Waals surface area contributed by atoms with Crippen LogP contribution in [0.25, 0.3) is 10.8 Å². The summed E-state index contributed by atoms with van der Waals surface area (Å²) in [6.45, 7) is 1.83. The zero-order valence-electron chi connectivity index (χ0n) is 15.5. The molecule has 6 nitrogen and oxygen atoms in total. The normalized spacial score (nSPS) is 16.6. The number of aromatic nitrogens is 1. The molecule has 1 aliphatic carbocycles. The number of ether oxygens (including phenoxy) is 2. The zero-order chi connectivity index (χ0) is 19.1. The second kappa shape index (κ2) is 6.67. The molecule has 1 aliphatic heterocycles. The Labute approximate surface area is 166 Å². The number of aryl methyl sites for hydroxylation is 1. The molecule has 2 aromatic heterocycles. The van der Waals surface area contributed by atoms with Crippen LogP contribution >= 0.6 is 11.3 Å². The van der Waals surface area contributed by atoms with Gasteiger partial charge in [0.25, 0.3) is 5.79 Å². The first-order valence-electron chi connectivity index (χ1n) is 9.42. The molecule has 1 saturated carbocycles. The molecule has 1 N–H and O–H groups in total. The minimum Gasteiger partial charge on any atom is -0.448 e. The number of oxazole rings is 1. The molecule has 1 spiro atoms. The molecule has 3 heterocycles. The lowest BCUT2D eigenvalue weighted by atomic mass is 10.2. The van der Waals surface area contributed by atoms with Crippen LogP contribution < -0.4 is 14.8 Å². The first kappa shape index (κ1) is 17.3. The topological polar surface area (TPSA) is 73.6 Å². The maximum absolute atomic E-state index is 12.5. The van der Waals surface area contributed by atoms with Crippen LogP contribution in [-0.2, 0) is 11.2 Å². The molecule has 28 heavy (non-hydrogen) atoms. The Balaban J connectivity index is 1.27. The fourth-order valence-corrected chi connectivity index (χ4v) is 4.39. The predicted octanol–water partition coefficient (Wildman–Crippen LogP) is 4.93. The number of thiophene rings is 1. The number of nitrogens with one attached hydrogen (secondary N) is 1. The van der Waals surface area contributed by atoms with Gasteiger partial charge >= 0.3 is 0 Å². The Morgan fingerprint density at radius 2 is 2.04 bits per heavy atom. The van der Waals surface area contributed by atoms with E-state index in [1.165, 1.54) is 0 Å². The third-order valence-electron chi connectivity index (χ3n) is 5.14. The SMILES string of the molecule is Cc1oc(-c2cccs2)nc1CC(=O)Nc1ccc2c(c1)OC1(CCCC1)O2. The van der Waals surface area contributed by atoms with E-state index in [0.717, 1.165) is 36.3 Å². The summed E-state index contributed by atoms with van der Waals surface area (Å²) >= 11 is 1.56. The summed E-state index contributed by atoms with van der Waals surface area (Å²) in [5.74, 6) is 2.00. The lowest BCUT2D eigenvalue weighted by Gasteiger charge is -2.21. The molecule has 7 heteroatoms. The van der Waals surface area contributed by atoms with Gasteiger partial charge in [-0.2, -0.15) is 0 Å². The molecule has 2 aliphatic rings. The highest BCUT2D eigenvalue weighted by Crippen LogP contribution is 2.47. The number of nitrogens with zero attached hydrogens (tertiary/aromatic N) is 1. The quantitative estimate of drug-likeness (QED) is 0.677. The van der Waals surface area contributed by atoms with Crippen LogP contribution in [0, 0.1) is 6.92 Å². The van der Waals surface area contributed by atoms with Crippen molar-refractivity contribution in [2.45, 2.75) is 44.8 Å². The van der Waals surface area contributed by atoms with Crippen molar-refractivity contribution >= 4 is 22.9 Å². The molecule has 1 amide bonds. The molecule has 0 atom stereocenters. The molecule has 144 valence electrons. The van der Waals surface area contributed by atoms with Crippen molar-refractivity contribution < 1.29 is 18.7 Å². The molecule has 1 aromatic carbocycles. The molecular formula is C21H20N2O4S. The number of amides is 1. The van der Waals surface area contributed by atoms with Crippen LogP contribution in [0.2, 0.25) is 0 Å². The van der Waals surface area contributed by atoms with Crippen LogP contribution in [0.1, 0.15) is 37.1 Å². The fraction of sp³-hybridized carbons (Fsp3) is 0.333. The van der Waals surface area contributed by atoms with E-state index in [1.54, 1.807) is 11.3 Å². The number of rotatable bonds is 4. The summed E-state index contributed by atoms with van der Waals surface area (Å²) in [7, 11) is 0. The Morgan fingerprint density at radius 1 is 1.21 bits per heavy atom. The molecule has 0 unspecified atom stereocenters. The molecule has 0 radical (unpaired) electrons. The van der Waals surface area contributed by atoms with Gasteiger partial charge in [0.2, 0.25) is 11.8 Å². The van der Waals surface area contributed by atoms with Gasteiger partial charge < -0.3 is 19.2 Å². The van der Waals surface area contributed by atoms with Crippen molar-refractivity contribution in [1.82, 2.24) is 4.98 Å². The number of benzene rings is 1. The van der Waals surface area contributed by atoms with Gasteiger partial charge in [0.05, 0.1) is 17.0 Å². The van der Waals surface area contributed by atoms with Crippen molar-refractivity contribution in [2.24, 2.45) is 0 Å². The zero-order valence-corrected chi connectivity index (χ0v) is 16.3. The Bertz CT molecular complexity index is 1020. The van der Waals surface area contributed by atoms with Gasteiger partial charge in [-0.25, -0.2) is 4.98 Å². The van der Waals surface area contributed by atoms with Crippen molar-refractivity contribution in [3.8, 4) is 22.3 Å². The van der Waals surface area contributed by atoms with E-state index in [2.05, 4.69) is 10.3 Å². The fourth-order valence-electron chi connectivity index (χ4n) is 3.74. The highest BCUT2D eigenvalue weighted by molar-refractivity contribution is 7.13. The standard InChI is InChI=1S/C21H20N2O4S/c1-13-15(23-20(25-13)18-5-4-10-28-18)12-19(24)22-14-6-7-16-17(11-14)27-21(26-16)8-2-3-9-21/h4-7,10-11H,2-3,8-9,12H2,1H3,(H,22,24). The molecule has 3 aromatic rings. The second-order valence-corrected chi connectivity index (χ2v) is 8.16. The minimum absolute atomic E-state index is 0.149. The van der Waals surface area contributed by atoms with E-state index in [9.17, 15) is 4.79 Å². The summed E-state index contributed by atoms with van der Waals surface area (Å²) in [6, 6.07) is 9.41. The summed E-state index contributed by atoms with van der Waals surface area (Å²) in [4.78, 5) is 17.9. The van der Waals surface area contributed by atoms with Gasteiger partial charge in [0.15, 0.2) is 11.5 Å². The first-order valence-corrected chi connectivity index (χ1v) is 10.3. The largest absolute Gasteiger partial charge is 0.448 e. The van der Waals surface area contributed by atoms with Crippen molar-refractivity contribution in [1.29, 1.82) is 0 Å². The lowest BCUT2D eigenvalue weighted by molar-refractivity contribution is -0.115. The van der Waals surface area contributed by atoms with Crippen molar-refractivity contribution in [3.05, 3.63) is 47.2 Å². The van der Waals surface area contributed by atoms with Gasteiger partial charge in [0, 0.05) is 24.6 Å². The summed E-state index contributed by atoms with van der Waals surface area (Å²) in [6.07, 6.45) is 4.19. The monoisotopic (exact) mass is 396 g/mol. The van der Waals surface area contributed by atoms with Gasteiger partial charge in [-0.15, -0.1) is 11.3 Å². The highest BCUT2D eigenvalue weighted by Gasteiger charge is 2.44. The third kappa shape index (κ3) is 3.16. The Morgan fingerprint density at radius 3 is 2.82 bits per heavy atom. The second-order valence-electron chi connectivity index (χ2n) is 7.21. The van der Waals surface area contributed by atoms with E-state index >= 15 is 0 Å². The van der Waals surface area contributed by atoms with Crippen LogP contribution in [0.4, 0.5) is 5.69 Å². The third-order valence-corrected chi connectivity index (χ3v) is 6.00. The van der Waals surface area contributed by atoms with Gasteiger partial charge in [-0.05, 0) is 43.3 Å². The van der Waals surface area contributed by atoms with E-state index < -0.39 is 5.79 Å². The van der Waals surface area contributed by atoms with Gasteiger partial charge in [0.1, 0.15) is 5.76 Å². The summed E-state index contributed by atoms with van der Waals surface area (Å²) in [5.41, 5.74) is 1.33. The number of anilines is 1. The van der Waals surface area contributed by atoms with Crippen molar-refractivity contribution in [3.63, 3.8) is 0 Å². The van der Waals surface area contributed by atoms with Crippen molar-refractivity contribution in [2.75, 3.05) is 5.32 Å². The molecule has 1 fully saturated rings. The number of fused-ring (bicyclic) bond motifs is 1. The predicted molar refractivity (Wildman–Crippen MR) is 106 cm³/mol. The smallest absolute Gasteiger partial charge is 0.251 e. The van der Waals surface area contributed by atoms with E-state index in [1.807, 2.05) is 42.6 Å². The van der Waals surface area contributed by atoms with Crippen LogP contribution in [0.3, 0.4) is 0 Å². The Kier molecular flexibility index (Phi) is 4.12. The number of hydrogen-bond acceptors (Lipinski definition) is 6. The lowest BCUT2D eigenvalue weighted by Crippen LogP contribution is -2.34. The summed E-state index contributed by atoms with van der Waals surface area (Å²) in [5, 5.41) is 4.89. The molecule has 5 rings (SSSR count). The number of hydrogen-bond donors (Lipinski definition) is 1. The van der Waals surface area contributed by atoms with Crippen LogP contribution in [-0.4, -0.2) is 16.7 Å². The molecule has 0 saturated heterocycles. The minimum atomic E-state index is -0.499. The molecular weight excluding hydrogens is 376 g/mol. The van der Waals surface area contributed by atoms with Gasteiger partial charge in [-0.3, -0.25) is 4.79 Å². The number of carbonyl (C=O) groups is 1. The van der Waals surface area contributed by atoms with E-state index in [-0.39, 0.29) is 12.3 Å². The summed E-state index contributed by atoms with van der Waals surface area (Å²) < 4.78 is 17.8. The highest BCUT2D eigenvalue weighted by atomic mass is 32.1. The van der Waals surface area contributed by atoms with E-state index in [4.69, 9.17) is 13.9 Å². The van der Waals surface area contributed by atoms with Crippen LogP contribution in [0.5, 0.6) is 11.5 Å². The maximum atomic E-state index is 12.5. The van der Waals surface area contributed by atoms with Crippen LogP contribution in [0.15, 0.2) is 40.1 Å². The Hall–Kier alpha value is -2.80. The maximum Gasteiger partial charge on any atom is 0.251 e. The molecule has 0 bridgehead atoms.